The van der Waals surface area contributed by atoms with E-state index in [0.29, 0.717) is 5.03 Å². The van der Waals surface area contributed by atoms with E-state index in [-0.39, 0.29) is 0 Å². The zero-order valence-electron chi connectivity index (χ0n) is 11.8. The zero-order valence-corrected chi connectivity index (χ0v) is 12.6. The third kappa shape index (κ3) is 3.83. The summed E-state index contributed by atoms with van der Waals surface area (Å²) in [6, 6.07) is 11.5. The fourth-order valence-electron chi connectivity index (χ4n) is 1.62. The van der Waals surface area contributed by atoms with Crippen molar-refractivity contribution in [3.63, 3.8) is 0 Å². The van der Waals surface area contributed by atoms with Gasteiger partial charge in [0.15, 0.2) is 0 Å². The number of para-hydroxylation sites is 1. The van der Waals surface area contributed by atoms with Crippen molar-refractivity contribution in [2.45, 2.75) is 38.3 Å². The van der Waals surface area contributed by atoms with E-state index in [1.165, 1.54) is 0 Å². The van der Waals surface area contributed by atoms with Crippen molar-refractivity contribution in [1.82, 2.24) is 9.78 Å². The summed E-state index contributed by atoms with van der Waals surface area (Å²) in [4.78, 5) is 0. The minimum atomic E-state index is -0.961. The van der Waals surface area contributed by atoms with E-state index in [2.05, 4.69) is 5.10 Å². The molecule has 0 atom stereocenters. The Morgan fingerprint density at radius 1 is 1.21 bits per heavy atom. The number of hydrogen-bond acceptors (Lipinski definition) is 4. The molecular weight excluding hydrogens is 258 g/mol. The molecule has 0 aliphatic carbocycles. The van der Waals surface area contributed by atoms with Gasteiger partial charge in [0.2, 0.25) is 0 Å². The van der Waals surface area contributed by atoms with E-state index >= 15 is 0 Å². The van der Waals surface area contributed by atoms with Crippen molar-refractivity contribution in [2.24, 2.45) is 5.14 Å². The van der Waals surface area contributed by atoms with Gasteiger partial charge in [-0.2, -0.15) is 5.10 Å². The van der Waals surface area contributed by atoms with Crippen LogP contribution in [0.2, 0.25) is 0 Å². The molecule has 0 saturated carbocycles. The largest absolute Gasteiger partial charge is 0.384 e. The van der Waals surface area contributed by atoms with Crippen LogP contribution in [-0.4, -0.2) is 14.9 Å². The van der Waals surface area contributed by atoms with E-state index in [1.807, 2.05) is 44.2 Å². The fourth-order valence-corrected chi connectivity index (χ4v) is 1.93. The lowest BCUT2D eigenvalue weighted by Crippen LogP contribution is -2.20. The van der Waals surface area contributed by atoms with Gasteiger partial charge in [-0.25, -0.2) is 4.68 Å². The van der Waals surface area contributed by atoms with E-state index in [1.54, 1.807) is 24.6 Å². The molecule has 3 N–H and O–H groups in total. The summed E-state index contributed by atoms with van der Waals surface area (Å²) in [6.45, 7) is 7.46. The Balaban J connectivity index is 0.000000861. The highest BCUT2D eigenvalue weighted by molar-refractivity contribution is 7.97. The SMILES string of the molecule is CC.CC(C)(O)c1cc(SN)nn1-c1ccccc1. The van der Waals surface area contributed by atoms with Gasteiger partial charge in [-0.15, -0.1) is 0 Å². The van der Waals surface area contributed by atoms with Gasteiger partial charge in [0.1, 0.15) is 10.6 Å². The predicted octanol–water partition coefficient (Wildman–Crippen LogP) is 3.09. The summed E-state index contributed by atoms with van der Waals surface area (Å²) >= 11 is 1.07. The smallest absolute Gasteiger partial charge is 0.134 e. The van der Waals surface area contributed by atoms with Gasteiger partial charge in [0, 0.05) is 0 Å². The predicted molar refractivity (Wildman–Crippen MR) is 80.2 cm³/mol. The van der Waals surface area contributed by atoms with E-state index in [4.69, 9.17) is 5.14 Å². The molecule has 1 aromatic heterocycles. The number of nitrogens with two attached hydrogens (primary N) is 1. The number of aliphatic hydroxyl groups is 1. The van der Waals surface area contributed by atoms with Crippen LogP contribution in [0.4, 0.5) is 0 Å². The molecule has 2 aromatic rings. The molecular formula is C14H21N3OS. The average molecular weight is 279 g/mol. The van der Waals surface area contributed by atoms with Crippen molar-refractivity contribution in [3.8, 4) is 5.69 Å². The normalized spacial score (nSPS) is 10.8. The highest BCUT2D eigenvalue weighted by atomic mass is 32.2. The maximum atomic E-state index is 10.1. The average Bonchev–Trinajstić information content (AvgIpc) is 2.86. The van der Waals surface area contributed by atoms with Gasteiger partial charge < -0.3 is 5.11 Å². The first-order valence-electron chi connectivity index (χ1n) is 6.27. The molecule has 0 spiro atoms. The van der Waals surface area contributed by atoms with Crippen LogP contribution in [0.3, 0.4) is 0 Å². The van der Waals surface area contributed by atoms with Crippen LogP contribution in [0.1, 0.15) is 33.4 Å². The summed E-state index contributed by atoms with van der Waals surface area (Å²) in [5.74, 6) is 0. The quantitative estimate of drug-likeness (QED) is 0.847. The Hall–Kier alpha value is -1.30. The lowest BCUT2D eigenvalue weighted by atomic mass is 10.1. The molecule has 4 nitrogen and oxygen atoms in total. The molecule has 0 aliphatic heterocycles. The molecule has 0 saturated heterocycles. The van der Waals surface area contributed by atoms with Crippen LogP contribution in [0.5, 0.6) is 0 Å². The van der Waals surface area contributed by atoms with Gasteiger partial charge in [-0.05, 0) is 44.0 Å². The molecule has 0 bridgehead atoms. The second-order valence-electron chi connectivity index (χ2n) is 4.29. The van der Waals surface area contributed by atoms with Crippen molar-refractivity contribution in [3.05, 3.63) is 42.1 Å². The van der Waals surface area contributed by atoms with Gasteiger partial charge in [0.25, 0.3) is 0 Å². The fraction of sp³-hybridized carbons (Fsp3) is 0.357. The van der Waals surface area contributed by atoms with Crippen LogP contribution < -0.4 is 5.14 Å². The first-order valence-corrected chi connectivity index (χ1v) is 7.15. The second kappa shape index (κ2) is 6.75. The van der Waals surface area contributed by atoms with Gasteiger partial charge in [-0.3, -0.25) is 5.14 Å². The van der Waals surface area contributed by atoms with Crippen LogP contribution in [-0.2, 0) is 5.60 Å². The summed E-state index contributed by atoms with van der Waals surface area (Å²) in [5.41, 5.74) is 0.665. The summed E-state index contributed by atoms with van der Waals surface area (Å²) in [6.07, 6.45) is 0. The number of benzene rings is 1. The Kier molecular flexibility index (Phi) is 5.60. The first kappa shape index (κ1) is 15.8. The van der Waals surface area contributed by atoms with Crippen molar-refractivity contribution < 1.29 is 5.11 Å². The highest BCUT2D eigenvalue weighted by Crippen LogP contribution is 2.26. The molecule has 0 unspecified atom stereocenters. The van der Waals surface area contributed by atoms with E-state index in [9.17, 15) is 5.11 Å². The summed E-state index contributed by atoms with van der Waals surface area (Å²) in [5, 5.41) is 20.7. The summed E-state index contributed by atoms with van der Waals surface area (Å²) < 4.78 is 1.72. The van der Waals surface area contributed by atoms with Gasteiger partial charge >= 0.3 is 0 Å². The maximum Gasteiger partial charge on any atom is 0.134 e. The Bertz CT molecular complexity index is 503. The third-order valence-electron chi connectivity index (χ3n) is 2.44. The molecule has 1 heterocycles. The standard InChI is InChI=1S/C12H15N3OS.C2H6/c1-12(2,16)10-8-11(17-13)14-15(10)9-6-4-3-5-7-9;1-2/h3-8,16H,13H2,1-2H3;1-2H3. The topological polar surface area (TPSA) is 64.1 Å². The number of hydrogen-bond donors (Lipinski definition) is 2. The Morgan fingerprint density at radius 3 is 2.26 bits per heavy atom. The molecule has 1 aromatic carbocycles. The van der Waals surface area contributed by atoms with Crippen LogP contribution in [0.15, 0.2) is 41.4 Å². The number of aromatic nitrogens is 2. The summed E-state index contributed by atoms with van der Waals surface area (Å²) in [7, 11) is 0. The first-order chi connectivity index (χ1) is 9.02. The zero-order chi connectivity index (χ0) is 14.5. The van der Waals surface area contributed by atoms with Gasteiger partial charge in [0.05, 0.1) is 11.4 Å². The molecule has 104 valence electrons. The molecule has 0 radical (unpaired) electrons. The number of rotatable bonds is 3. The maximum absolute atomic E-state index is 10.1. The highest BCUT2D eigenvalue weighted by Gasteiger charge is 2.23. The van der Waals surface area contributed by atoms with Gasteiger partial charge in [-0.1, -0.05) is 32.0 Å². The van der Waals surface area contributed by atoms with Crippen LogP contribution in [0.25, 0.3) is 5.69 Å². The minimum Gasteiger partial charge on any atom is -0.384 e. The minimum absolute atomic E-state index is 0.686. The van der Waals surface area contributed by atoms with E-state index < -0.39 is 5.60 Å². The Labute approximate surface area is 118 Å². The molecule has 0 fully saturated rings. The lowest BCUT2D eigenvalue weighted by Gasteiger charge is -2.18. The monoisotopic (exact) mass is 279 g/mol. The molecule has 0 amide bonds. The second-order valence-corrected chi connectivity index (χ2v) is 4.95. The van der Waals surface area contributed by atoms with Crippen LogP contribution in [0, 0.1) is 0 Å². The van der Waals surface area contributed by atoms with Crippen molar-refractivity contribution in [1.29, 1.82) is 0 Å². The van der Waals surface area contributed by atoms with E-state index in [0.717, 1.165) is 23.3 Å². The molecule has 5 heteroatoms. The van der Waals surface area contributed by atoms with Crippen molar-refractivity contribution >= 4 is 11.9 Å². The molecule has 2 rings (SSSR count). The van der Waals surface area contributed by atoms with Crippen LogP contribution >= 0.6 is 11.9 Å². The number of nitrogens with zero attached hydrogens (tertiary/aromatic N) is 2. The lowest BCUT2D eigenvalue weighted by molar-refractivity contribution is 0.0711. The molecule has 0 aliphatic rings. The van der Waals surface area contributed by atoms with Crippen molar-refractivity contribution in [2.75, 3.05) is 0 Å². The Morgan fingerprint density at radius 2 is 1.79 bits per heavy atom. The third-order valence-corrected chi connectivity index (χ3v) is 2.88. The molecule has 19 heavy (non-hydrogen) atoms.